The zero-order chi connectivity index (χ0) is 15.6. The zero-order valence-electron chi connectivity index (χ0n) is 12.8. The van der Waals surface area contributed by atoms with E-state index in [1.807, 2.05) is 44.0 Å². The van der Waals surface area contributed by atoms with Gasteiger partial charge in [-0.25, -0.2) is 4.79 Å². The van der Waals surface area contributed by atoms with Crippen LogP contribution in [-0.4, -0.2) is 20.1 Å². The van der Waals surface area contributed by atoms with Crippen LogP contribution >= 0.6 is 0 Å². The molecule has 0 aromatic heterocycles. The fourth-order valence-corrected chi connectivity index (χ4v) is 2.17. The molecule has 0 saturated carbocycles. The van der Waals surface area contributed by atoms with Gasteiger partial charge in [-0.2, -0.15) is 0 Å². The quantitative estimate of drug-likeness (QED) is 0.693. The molecule has 2 rings (SSSR count). The molecule has 0 radical (unpaired) electrons. The Kier molecular flexibility index (Phi) is 4.17. The standard InChI is InChI=1S/C17H20N2O2/c1-11-5-7-13(8-6-11)19(3)14-9-12(2)16(18)15(10-14)17(20)21-4/h5-10H,18H2,1-4H3. The Balaban J connectivity index is 2.46. The maximum absolute atomic E-state index is 11.8. The molecule has 4 nitrogen and oxygen atoms in total. The van der Waals surface area contributed by atoms with E-state index in [1.54, 1.807) is 6.07 Å². The van der Waals surface area contributed by atoms with Crippen LogP contribution in [0.1, 0.15) is 21.5 Å². The van der Waals surface area contributed by atoms with Gasteiger partial charge < -0.3 is 15.4 Å². The summed E-state index contributed by atoms with van der Waals surface area (Å²) < 4.78 is 4.79. The molecule has 2 N–H and O–H groups in total. The van der Waals surface area contributed by atoms with Gasteiger partial charge in [0.15, 0.2) is 0 Å². The number of hydrogen-bond acceptors (Lipinski definition) is 4. The van der Waals surface area contributed by atoms with Gasteiger partial charge in [0.05, 0.1) is 12.7 Å². The third-order valence-electron chi connectivity index (χ3n) is 3.59. The number of anilines is 3. The van der Waals surface area contributed by atoms with Crippen molar-refractivity contribution in [2.75, 3.05) is 24.8 Å². The smallest absolute Gasteiger partial charge is 0.340 e. The van der Waals surface area contributed by atoms with Gasteiger partial charge in [-0.1, -0.05) is 17.7 Å². The normalized spacial score (nSPS) is 10.3. The highest BCUT2D eigenvalue weighted by Crippen LogP contribution is 2.29. The summed E-state index contributed by atoms with van der Waals surface area (Å²) in [6.45, 7) is 3.93. The minimum absolute atomic E-state index is 0.395. The van der Waals surface area contributed by atoms with Crippen LogP contribution in [0, 0.1) is 13.8 Å². The Morgan fingerprint density at radius 3 is 2.29 bits per heavy atom. The van der Waals surface area contributed by atoms with Crippen molar-refractivity contribution in [3.8, 4) is 0 Å². The summed E-state index contributed by atoms with van der Waals surface area (Å²) in [7, 11) is 3.31. The van der Waals surface area contributed by atoms with E-state index in [2.05, 4.69) is 12.1 Å². The number of methoxy groups -OCH3 is 1. The largest absolute Gasteiger partial charge is 0.465 e. The fourth-order valence-electron chi connectivity index (χ4n) is 2.17. The summed E-state index contributed by atoms with van der Waals surface area (Å²) in [5.41, 5.74) is 10.8. The average molecular weight is 284 g/mol. The maximum atomic E-state index is 11.8. The first-order chi connectivity index (χ1) is 9.93. The molecule has 0 amide bonds. The molecule has 0 spiro atoms. The van der Waals surface area contributed by atoms with E-state index in [0.29, 0.717) is 11.3 Å². The topological polar surface area (TPSA) is 55.6 Å². The van der Waals surface area contributed by atoms with Crippen molar-refractivity contribution in [2.45, 2.75) is 13.8 Å². The Labute approximate surface area is 125 Å². The second kappa shape index (κ2) is 5.87. The number of hydrogen-bond donors (Lipinski definition) is 1. The van der Waals surface area contributed by atoms with Gasteiger partial charge in [-0.3, -0.25) is 0 Å². The van der Waals surface area contributed by atoms with Crippen molar-refractivity contribution in [3.05, 3.63) is 53.1 Å². The van der Waals surface area contributed by atoms with Crippen LogP contribution < -0.4 is 10.6 Å². The molecule has 110 valence electrons. The van der Waals surface area contributed by atoms with Crippen molar-refractivity contribution >= 4 is 23.0 Å². The predicted octanol–water partition coefficient (Wildman–Crippen LogP) is 3.44. The minimum atomic E-state index is -0.422. The lowest BCUT2D eigenvalue weighted by Gasteiger charge is -2.22. The van der Waals surface area contributed by atoms with E-state index >= 15 is 0 Å². The van der Waals surface area contributed by atoms with Gasteiger partial charge in [0.25, 0.3) is 0 Å². The van der Waals surface area contributed by atoms with Gasteiger partial charge in [0.2, 0.25) is 0 Å². The summed E-state index contributed by atoms with van der Waals surface area (Å²) in [5.74, 6) is -0.422. The number of nitrogen functional groups attached to an aromatic ring is 1. The van der Waals surface area contributed by atoms with E-state index in [0.717, 1.165) is 16.9 Å². The molecule has 0 aliphatic carbocycles. The average Bonchev–Trinajstić information content (AvgIpc) is 2.49. The minimum Gasteiger partial charge on any atom is -0.465 e. The molecule has 0 unspecified atom stereocenters. The number of carbonyl (C=O) groups is 1. The second-order valence-electron chi connectivity index (χ2n) is 5.11. The van der Waals surface area contributed by atoms with Crippen molar-refractivity contribution in [3.63, 3.8) is 0 Å². The summed E-state index contributed by atoms with van der Waals surface area (Å²) in [6, 6.07) is 11.9. The number of rotatable bonds is 3. The van der Waals surface area contributed by atoms with Crippen LogP contribution in [0.3, 0.4) is 0 Å². The molecule has 2 aromatic carbocycles. The summed E-state index contributed by atoms with van der Waals surface area (Å²) in [5, 5.41) is 0. The van der Waals surface area contributed by atoms with E-state index in [9.17, 15) is 4.79 Å². The molecule has 0 atom stereocenters. The van der Waals surface area contributed by atoms with Crippen LogP contribution in [0.4, 0.5) is 17.1 Å². The highest BCUT2D eigenvalue weighted by Gasteiger charge is 2.15. The van der Waals surface area contributed by atoms with Gasteiger partial charge in [-0.05, 0) is 43.7 Å². The number of esters is 1. The molecule has 0 aliphatic rings. The predicted molar refractivity (Wildman–Crippen MR) is 86.2 cm³/mol. The summed E-state index contributed by atoms with van der Waals surface area (Å²) >= 11 is 0. The summed E-state index contributed by atoms with van der Waals surface area (Å²) in [4.78, 5) is 13.8. The zero-order valence-corrected chi connectivity index (χ0v) is 12.8. The first kappa shape index (κ1) is 14.9. The summed E-state index contributed by atoms with van der Waals surface area (Å²) in [6.07, 6.45) is 0. The van der Waals surface area contributed by atoms with Gasteiger partial charge in [-0.15, -0.1) is 0 Å². The lowest BCUT2D eigenvalue weighted by atomic mass is 10.1. The molecule has 0 fully saturated rings. The van der Waals surface area contributed by atoms with Gasteiger partial charge in [0, 0.05) is 24.1 Å². The van der Waals surface area contributed by atoms with Crippen molar-refractivity contribution < 1.29 is 9.53 Å². The fraction of sp³-hybridized carbons (Fsp3) is 0.235. The van der Waals surface area contributed by atoms with Crippen LogP contribution in [-0.2, 0) is 4.74 Å². The molecule has 0 saturated heterocycles. The number of aryl methyl sites for hydroxylation is 2. The SMILES string of the molecule is COC(=O)c1cc(N(C)c2ccc(C)cc2)cc(C)c1N. The van der Waals surface area contributed by atoms with E-state index in [1.165, 1.54) is 12.7 Å². The number of ether oxygens (including phenoxy) is 1. The first-order valence-electron chi connectivity index (χ1n) is 6.73. The van der Waals surface area contributed by atoms with E-state index in [4.69, 9.17) is 10.5 Å². The van der Waals surface area contributed by atoms with Crippen molar-refractivity contribution in [2.24, 2.45) is 0 Å². The Bertz CT molecular complexity index is 663. The molecule has 0 aliphatic heterocycles. The monoisotopic (exact) mass is 284 g/mol. The Morgan fingerprint density at radius 2 is 1.71 bits per heavy atom. The van der Waals surface area contributed by atoms with Crippen LogP contribution in [0.5, 0.6) is 0 Å². The maximum Gasteiger partial charge on any atom is 0.340 e. The van der Waals surface area contributed by atoms with Crippen LogP contribution in [0.25, 0.3) is 0 Å². The van der Waals surface area contributed by atoms with Crippen molar-refractivity contribution in [1.29, 1.82) is 0 Å². The third-order valence-corrected chi connectivity index (χ3v) is 3.59. The highest BCUT2D eigenvalue weighted by molar-refractivity contribution is 5.97. The molecule has 2 aromatic rings. The number of nitrogens with zero attached hydrogens (tertiary/aromatic N) is 1. The van der Waals surface area contributed by atoms with E-state index in [-0.39, 0.29) is 0 Å². The van der Waals surface area contributed by atoms with Crippen LogP contribution in [0.2, 0.25) is 0 Å². The van der Waals surface area contributed by atoms with Crippen molar-refractivity contribution in [1.82, 2.24) is 0 Å². The molecule has 21 heavy (non-hydrogen) atoms. The first-order valence-corrected chi connectivity index (χ1v) is 6.73. The molecule has 4 heteroatoms. The lowest BCUT2D eigenvalue weighted by molar-refractivity contribution is 0.0602. The van der Waals surface area contributed by atoms with E-state index < -0.39 is 5.97 Å². The number of benzene rings is 2. The highest BCUT2D eigenvalue weighted by atomic mass is 16.5. The number of nitrogens with two attached hydrogens (primary N) is 1. The molecule has 0 heterocycles. The molecular weight excluding hydrogens is 264 g/mol. The Hall–Kier alpha value is -2.49. The lowest BCUT2D eigenvalue weighted by Crippen LogP contribution is -2.13. The third kappa shape index (κ3) is 2.99. The Morgan fingerprint density at radius 1 is 1.10 bits per heavy atom. The van der Waals surface area contributed by atoms with Gasteiger partial charge >= 0.3 is 5.97 Å². The molecular formula is C17H20N2O2. The second-order valence-corrected chi connectivity index (χ2v) is 5.11. The molecule has 0 bridgehead atoms. The van der Waals surface area contributed by atoms with Gasteiger partial charge in [0.1, 0.15) is 0 Å². The number of carbonyl (C=O) groups excluding carboxylic acids is 1. The van der Waals surface area contributed by atoms with Crippen LogP contribution in [0.15, 0.2) is 36.4 Å².